The van der Waals surface area contributed by atoms with Crippen LogP contribution in [0.2, 0.25) is 0 Å². The van der Waals surface area contributed by atoms with Crippen LogP contribution in [0.1, 0.15) is 234 Å². The van der Waals surface area contributed by atoms with Gasteiger partial charge in [0.25, 0.3) is 35.4 Å². The number of alkyl carbamates (subject to hydrolysis) is 2. The van der Waals surface area contributed by atoms with Gasteiger partial charge in [0, 0.05) is 143 Å². The number of ether oxygens (including phenoxy) is 5. The van der Waals surface area contributed by atoms with Crippen LogP contribution in [0.3, 0.4) is 0 Å². The fraction of sp³-hybridized carbons (Fsp3) is 0.420. The molecule has 0 atom stereocenters. The number of anilines is 3. The molecule has 0 aliphatic carbocycles. The van der Waals surface area contributed by atoms with Gasteiger partial charge in [0.1, 0.15) is 48.5 Å². The van der Waals surface area contributed by atoms with Gasteiger partial charge in [-0.2, -0.15) is 0 Å². The van der Waals surface area contributed by atoms with E-state index >= 15 is 0 Å². The number of rotatable bonds is 17. The van der Waals surface area contributed by atoms with E-state index in [1.54, 1.807) is 52.0 Å². The first-order chi connectivity index (χ1) is 71.2. The summed E-state index contributed by atoms with van der Waals surface area (Å²) in [4.78, 5) is 150. The average Bonchev–Trinajstić information content (AvgIpc) is 1.64. The third-order valence-electron chi connectivity index (χ3n) is 26.7. The van der Waals surface area contributed by atoms with Gasteiger partial charge in [-0.05, 0) is 306 Å². The van der Waals surface area contributed by atoms with Crippen molar-refractivity contribution in [2.45, 2.75) is 227 Å². The Hall–Kier alpha value is -14.8. The number of piperidine rings is 6. The Bertz CT molecular complexity index is 6170. The molecule has 149 heavy (non-hydrogen) atoms. The van der Waals surface area contributed by atoms with E-state index in [0.717, 1.165) is 130 Å². The summed E-state index contributed by atoms with van der Waals surface area (Å²) in [5, 5.41) is 33.1. The molecule has 11 amide bonds. The Morgan fingerprint density at radius 2 is 0.604 bits per heavy atom. The van der Waals surface area contributed by atoms with Crippen molar-refractivity contribution in [1.82, 2.24) is 72.2 Å². The minimum absolute atomic E-state index is 0.0259. The zero-order valence-electron chi connectivity index (χ0n) is 86.7. The highest BCUT2D eigenvalue weighted by molar-refractivity contribution is 6.36. The normalized spacial score (nSPS) is 17.3. The minimum atomic E-state index is -0.508. The number of halogens is 3. The second-order valence-corrected chi connectivity index (χ2v) is 40.4. The first kappa shape index (κ1) is 111. The molecule has 0 radical (unpaired) electrons. The van der Waals surface area contributed by atoms with Crippen LogP contribution in [-0.2, 0) is 57.9 Å². The van der Waals surface area contributed by atoms with Gasteiger partial charge in [0.15, 0.2) is 0 Å². The van der Waals surface area contributed by atoms with Crippen LogP contribution in [0.15, 0.2) is 146 Å². The number of hydrogen-bond acceptors (Lipinski definition) is 20. The second kappa shape index (κ2) is 52.2. The number of carbonyl (C=O) groups excluding carboxylic acids is 11. The maximum absolute atomic E-state index is 13.8. The van der Waals surface area contributed by atoms with Crippen LogP contribution in [0.4, 0.5) is 54.2 Å². The van der Waals surface area contributed by atoms with Crippen LogP contribution in [-0.4, -0.2) is 222 Å². The molecule has 0 bridgehead atoms. The highest BCUT2D eigenvalue weighted by Crippen LogP contribution is 2.39. The monoisotopic (exact) mass is 2050 g/mol. The summed E-state index contributed by atoms with van der Waals surface area (Å²) in [5.74, 6) is -2.55. The molecule has 18 rings (SSSR count). The number of H-pyrrole nitrogens is 3. The van der Waals surface area contributed by atoms with Gasteiger partial charge in [0.05, 0.1) is 33.4 Å². The lowest BCUT2D eigenvalue weighted by Crippen LogP contribution is -2.47. The predicted molar refractivity (Wildman–Crippen MR) is 566 cm³/mol. The molecule has 9 aliphatic rings. The fourth-order valence-corrected chi connectivity index (χ4v) is 18.7. The summed E-state index contributed by atoms with van der Waals surface area (Å²) < 4.78 is 67.5. The Morgan fingerprint density at radius 3 is 0.872 bits per heavy atom. The predicted octanol–water partition coefficient (Wildman–Crippen LogP) is 16.6. The number of likely N-dealkylation sites (tertiary alicyclic amines) is 3. The smallest absolute Gasteiger partial charge is 0.410 e. The number of nitrogens with one attached hydrogen (secondary N) is 14. The molecule has 3 aromatic heterocycles. The van der Waals surface area contributed by atoms with Gasteiger partial charge in [-0.3, -0.25) is 28.8 Å². The highest BCUT2D eigenvalue weighted by atomic mass is 19.1. The molecule has 0 spiro atoms. The van der Waals surface area contributed by atoms with Crippen LogP contribution in [0.5, 0.6) is 0 Å². The van der Waals surface area contributed by atoms with Gasteiger partial charge >= 0.3 is 30.5 Å². The topological polar surface area (TPSA) is 449 Å². The van der Waals surface area contributed by atoms with E-state index in [2.05, 4.69) is 73.4 Å². The summed E-state index contributed by atoms with van der Waals surface area (Å²) in [7, 11) is 0. The number of aromatic amines is 3. The van der Waals surface area contributed by atoms with Crippen LogP contribution < -0.4 is 64.2 Å². The van der Waals surface area contributed by atoms with E-state index in [-0.39, 0.29) is 109 Å². The maximum Gasteiger partial charge on any atom is 0.410 e. The summed E-state index contributed by atoms with van der Waals surface area (Å²) in [6.07, 6.45) is 13.4. The second-order valence-electron chi connectivity index (χ2n) is 40.4. The summed E-state index contributed by atoms with van der Waals surface area (Å²) in [5.41, 5.74) is 20.2. The maximum atomic E-state index is 13.8. The van der Waals surface area contributed by atoms with Gasteiger partial charge in [-0.1, -0.05) is 91.0 Å². The number of nitrogens with two attached hydrogens (primary N) is 1. The fourth-order valence-electron chi connectivity index (χ4n) is 18.7. The van der Waals surface area contributed by atoms with E-state index in [4.69, 9.17) is 29.4 Å². The number of carbonyl (C=O) groups is 11. The molecule has 9 aromatic rings. The van der Waals surface area contributed by atoms with Crippen LogP contribution in [0.25, 0.3) is 34.9 Å². The van der Waals surface area contributed by atoms with E-state index in [9.17, 15) is 65.9 Å². The van der Waals surface area contributed by atoms with Crippen molar-refractivity contribution >= 4 is 118 Å². The van der Waals surface area contributed by atoms with Crippen molar-refractivity contribution in [1.29, 1.82) is 0 Å². The van der Waals surface area contributed by atoms with Crippen molar-refractivity contribution in [2.24, 2.45) is 5.73 Å². The number of aromatic nitrogens is 3. The van der Waals surface area contributed by atoms with Crippen molar-refractivity contribution in [3.63, 3.8) is 0 Å². The van der Waals surface area contributed by atoms with Crippen molar-refractivity contribution < 1.29 is 89.6 Å². The quantitative estimate of drug-likeness (QED) is 0.0297. The van der Waals surface area contributed by atoms with E-state index < -0.39 is 34.7 Å². The van der Waals surface area contributed by atoms with E-state index in [0.29, 0.717) is 167 Å². The van der Waals surface area contributed by atoms with Crippen LogP contribution in [0, 0.1) is 59.0 Å². The lowest BCUT2D eigenvalue weighted by atomic mass is 10.0. The lowest BCUT2D eigenvalue weighted by Gasteiger charge is -2.32. The minimum Gasteiger partial charge on any atom is -0.445 e. The van der Waals surface area contributed by atoms with Crippen molar-refractivity contribution in [3.05, 3.63) is 264 Å². The Morgan fingerprint density at radius 1 is 0.356 bits per heavy atom. The van der Waals surface area contributed by atoms with Gasteiger partial charge in [-0.25, -0.2) is 37.1 Å². The molecule has 12 heterocycles. The molecule has 0 unspecified atom stereocenters. The number of benzene rings is 6. The number of nitrogens with zero attached hydrogens (tertiary/aromatic N) is 3. The number of amides is 11. The SMILES string of the molecule is CC(C)(C)OC(=O)NC1CCN(C(=O)OCc2ccccc2)CC1.CC(C)(C)OC(=O)NC1CCNCC1.Cc1[nH]c(/C=C2\C(=O)Nc3ccc(F)cc32)c(C)c1C(=O)NC1CCN(C(=O)OCc2ccccc2)CC1.Cc1[nH]c(/C=C2\C(=O)Nc3ccc(F)cc32)c(C)c1C(=O)NC1CCNCC1.Cc1[nH]c(/C=C2\C(=O)Nc3ccc(F)cc32)c(C)c1C(=O)NC1CCNCC1.NC1CCN(C(=O)OCc2ccccc2)CC1. The van der Waals surface area contributed by atoms with Gasteiger partial charge in [-0.15, -0.1) is 0 Å². The highest BCUT2D eigenvalue weighted by Gasteiger charge is 2.35. The number of aryl methyl sites for hydroxylation is 3. The summed E-state index contributed by atoms with van der Waals surface area (Å²) in [6.45, 7) is 32.0. The molecule has 6 aromatic carbocycles. The molecular weight excluding hydrogens is 1910 g/mol. The molecule has 34 nitrogen and oxygen atoms in total. The third-order valence-corrected chi connectivity index (χ3v) is 26.7. The van der Waals surface area contributed by atoms with Crippen molar-refractivity contribution in [2.75, 3.05) is 94.5 Å². The molecule has 794 valence electrons. The van der Waals surface area contributed by atoms with E-state index in [1.807, 2.05) is 167 Å². The zero-order chi connectivity index (χ0) is 107. The molecule has 6 fully saturated rings. The average molecular weight is 2050 g/mol. The van der Waals surface area contributed by atoms with Gasteiger partial charge < -0.3 is 118 Å². The summed E-state index contributed by atoms with van der Waals surface area (Å²) in [6, 6.07) is 42.2. The van der Waals surface area contributed by atoms with Gasteiger partial charge in [0.2, 0.25) is 0 Å². The van der Waals surface area contributed by atoms with Crippen molar-refractivity contribution in [3.8, 4) is 0 Å². The molecule has 16 N–H and O–H groups in total. The molecular formula is C112H139F3N18O16. The number of hydrogen-bond donors (Lipinski definition) is 15. The Kier molecular flexibility index (Phi) is 39.0. The third kappa shape index (κ3) is 32.1. The summed E-state index contributed by atoms with van der Waals surface area (Å²) >= 11 is 0. The largest absolute Gasteiger partial charge is 0.445 e. The molecule has 37 heteroatoms. The Balaban J connectivity index is 0.000000153. The first-order valence-electron chi connectivity index (χ1n) is 51.0. The van der Waals surface area contributed by atoms with Crippen LogP contribution >= 0.6 is 0 Å². The lowest BCUT2D eigenvalue weighted by molar-refractivity contribution is -0.111. The zero-order valence-corrected chi connectivity index (χ0v) is 86.7. The molecule has 9 aliphatic heterocycles. The molecule has 0 saturated carbocycles. The first-order valence-corrected chi connectivity index (χ1v) is 51.0. The number of fused-ring (bicyclic) bond motifs is 3. The standard InChI is InChI=1S/C29H29FN4O4.2C21H23FN4O2.C18H26N2O4.C13H18N2O2.C10H20N2O2/c1-17-25(15-23-22-14-20(30)8-9-24(22)33-27(23)35)31-18(2)26(17)28(36)32-21-10-12-34(13-11-21)29(37)38-16-19-6-4-3-5-7-19;2*1-11-18(10-16-15-9-13(22)3-4-17(15)26-20(16)27)24-12(2)19(11)21(28)25-14-5-7-23-8-6-14;1-18(2,3)24-16(21)19-15-9-11-20(12-10-15)17(22)23-13-14-7-5-4-6-8-14;14-12-6-8-15(9-7-12)13(16)17-10-11-4-2-1-3-5-11;1-10(2,3)14-9(13)12-8-4-6-11-7-5-8/h3-9,14-15,21,31H,10-13,16H2,1-2H3,(H,32,36)(H,33,35);2*3-4,9-10,14,23-24H,5-8H2,1-2H3,(H,25,28)(H,26,27);4-8,15H,9-13H2,1-3H3,(H,19,21);1-5,12H,6-10,14H2;8,11H,4-7H2,1-3H3,(H,12,13)/b23-15-;2*16-10-;;;. The Labute approximate surface area is 866 Å². The molecule has 6 saturated heterocycles. The van der Waals surface area contributed by atoms with E-state index in [1.165, 1.54) is 42.5 Å².